The van der Waals surface area contributed by atoms with Gasteiger partial charge in [-0.15, -0.1) is 0 Å². The van der Waals surface area contributed by atoms with Crippen molar-refractivity contribution in [2.75, 3.05) is 13.2 Å². The minimum Gasteiger partial charge on any atom is -0.466 e. The van der Waals surface area contributed by atoms with E-state index in [0.717, 1.165) is 0 Å². The summed E-state index contributed by atoms with van der Waals surface area (Å²) < 4.78 is 17.9. The third-order valence-corrected chi connectivity index (χ3v) is 2.75. The molecule has 1 N–H and O–H groups in total. The van der Waals surface area contributed by atoms with Gasteiger partial charge in [-0.3, -0.25) is 9.59 Å². The highest BCUT2D eigenvalue weighted by Gasteiger charge is 2.11. The van der Waals surface area contributed by atoms with E-state index in [2.05, 4.69) is 21.2 Å². The molecule has 0 heterocycles. The molecule has 1 amide bonds. The fourth-order valence-electron chi connectivity index (χ4n) is 1.28. The van der Waals surface area contributed by atoms with Crippen LogP contribution in [-0.2, 0) is 9.53 Å². The molecular formula is C12H13BrFNO3. The van der Waals surface area contributed by atoms with Crippen molar-refractivity contribution >= 4 is 27.8 Å². The molecule has 98 valence electrons. The molecule has 1 aromatic carbocycles. The van der Waals surface area contributed by atoms with E-state index >= 15 is 0 Å². The van der Waals surface area contributed by atoms with Gasteiger partial charge in [-0.2, -0.15) is 0 Å². The normalized spacial score (nSPS) is 9.94. The molecule has 0 aliphatic carbocycles. The van der Waals surface area contributed by atoms with Gasteiger partial charge in [0.15, 0.2) is 0 Å². The second-order valence-corrected chi connectivity index (χ2v) is 4.29. The van der Waals surface area contributed by atoms with E-state index in [1.165, 1.54) is 18.2 Å². The van der Waals surface area contributed by atoms with Crippen molar-refractivity contribution in [3.63, 3.8) is 0 Å². The first-order valence-electron chi connectivity index (χ1n) is 5.43. The lowest BCUT2D eigenvalue weighted by molar-refractivity contribution is -0.142. The number of amides is 1. The van der Waals surface area contributed by atoms with Crippen LogP contribution < -0.4 is 5.32 Å². The quantitative estimate of drug-likeness (QED) is 0.848. The Bertz CT molecular complexity index is 451. The van der Waals surface area contributed by atoms with E-state index in [1.54, 1.807) is 6.92 Å². The average molecular weight is 318 g/mol. The smallest absolute Gasteiger partial charge is 0.307 e. The van der Waals surface area contributed by atoms with Gasteiger partial charge in [0.25, 0.3) is 5.91 Å². The van der Waals surface area contributed by atoms with E-state index in [0.29, 0.717) is 16.6 Å². The van der Waals surface area contributed by atoms with Gasteiger partial charge in [0.05, 0.1) is 18.6 Å². The van der Waals surface area contributed by atoms with Crippen LogP contribution in [0.5, 0.6) is 0 Å². The molecule has 18 heavy (non-hydrogen) atoms. The molecule has 0 aliphatic heterocycles. The van der Waals surface area contributed by atoms with Gasteiger partial charge in [0, 0.05) is 11.0 Å². The second kappa shape index (κ2) is 7.10. The molecule has 0 saturated carbocycles. The molecule has 0 radical (unpaired) electrons. The molecule has 4 nitrogen and oxygen atoms in total. The summed E-state index contributed by atoms with van der Waals surface area (Å²) in [5.41, 5.74) is 0.320. The Morgan fingerprint density at radius 2 is 2.17 bits per heavy atom. The highest BCUT2D eigenvalue weighted by molar-refractivity contribution is 9.10. The highest BCUT2D eigenvalue weighted by Crippen LogP contribution is 2.17. The van der Waals surface area contributed by atoms with E-state index in [4.69, 9.17) is 4.74 Å². The van der Waals surface area contributed by atoms with Gasteiger partial charge in [-0.25, -0.2) is 4.39 Å². The maximum atomic E-state index is 12.8. The van der Waals surface area contributed by atoms with Crippen LogP contribution in [0.25, 0.3) is 0 Å². The number of rotatable bonds is 5. The van der Waals surface area contributed by atoms with Crippen molar-refractivity contribution < 1.29 is 18.7 Å². The van der Waals surface area contributed by atoms with E-state index in [1.807, 2.05) is 0 Å². The van der Waals surface area contributed by atoms with Gasteiger partial charge >= 0.3 is 5.97 Å². The van der Waals surface area contributed by atoms with Crippen LogP contribution in [0.4, 0.5) is 4.39 Å². The first-order chi connectivity index (χ1) is 8.54. The monoisotopic (exact) mass is 317 g/mol. The maximum Gasteiger partial charge on any atom is 0.307 e. The molecule has 0 unspecified atom stereocenters. The van der Waals surface area contributed by atoms with E-state index in [9.17, 15) is 14.0 Å². The van der Waals surface area contributed by atoms with Crippen LogP contribution in [0.2, 0.25) is 0 Å². The van der Waals surface area contributed by atoms with Crippen molar-refractivity contribution in [2.24, 2.45) is 0 Å². The minimum atomic E-state index is -0.426. The first kappa shape index (κ1) is 14.6. The van der Waals surface area contributed by atoms with Crippen LogP contribution >= 0.6 is 15.9 Å². The SMILES string of the molecule is CCOC(=O)CCNC(=O)c1ccc(F)cc1Br. The van der Waals surface area contributed by atoms with Crippen molar-refractivity contribution in [2.45, 2.75) is 13.3 Å². The minimum absolute atomic E-state index is 0.110. The lowest BCUT2D eigenvalue weighted by Gasteiger charge is -2.06. The summed E-state index contributed by atoms with van der Waals surface area (Å²) in [6.07, 6.45) is 0.110. The van der Waals surface area contributed by atoms with Crippen LogP contribution in [0.15, 0.2) is 22.7 Å². The van der Waals surface area contributed by atoms with Crippen molar-refractivity contribution in [1.82, 2.24) is 5.32 Å². The number of hydrogen-bond donors (Lipinski definition) is 1. The molecule has 0 spiro atoms. The summed E-state index contributed by atoms with van der Waals surface area (Å²) in [7, 11) is 0. The maximum absolute atomic E-state index is 12.8. The van der Waals surface area contributed by atoms with E-state index < -0.39 is 5.82 Å². The molecule has 1 rings (SSSR count). The number of esters is 1. The fraction of sp³-hybridized carbons (Fsp3) is 0.333. The Morgan fingerprint density at radius 3 is 2.78 bits per heavy atom. The summed E-state index contributed by atoms with van der Waals surface area (Å²) >= 11 is 3.10. The molecule has 1 aromatic rings. The highest BCUT2D eigenvalue weighted by atomic mass is 79.9. The average Bonchev–Trinajstić information content (AvgIpc) is 2.29. The zero-order valence-corrected chi connectivity index (χ0v) is 11.4. The van der Waals surface area contributed by atoms with Gasteiger partial charge in [-0.05, 0) is 41.1 Å². The standard InChI is InChI=1S/C12H13BrFNO3/c1-2-18-11(16)5-6-15-12(17)9-4-3-8(14)7-10(9)13/h3-4,7H,2,5-6H2,1H3,(H,15,17). The number of nitrogens with one attached hydrogen (secondary N) is 1. The fourth-order valence-corrected chi connectivity index (χ4v) is 1.81. The first-order valence-corrected chi connectivity index (χ1v) is 6.22. The van der Waals surface area contributed by atoms with Crippen LogP contribution in [0.1, 0.15) is 23.7 Å². The Kier molecular flexibility index (Phi) is 5.77. The molecule has 0 aromatic heterocycles. The number of carbonyl (C=O) groups is 2. The zero-order chi connectivity index (χ0) is 13.5. The number of ether oxygens (including phenoxy) is 1. The Balaban J connectivity index is 2.48. The van der Waals surface area contributed by atoms with Gasteiger partial charge in [0.1, 0.15) is 5.82 Å². The zero-order valence-electron chi connectivity index (χ0n) is 9.83. The molecule has 0 bridgehead atoms. The van der Waals surface area contributed by atoms with Crippen LogP contribution in [0.3, 0.4) is 0 Å². The molecule has 0 saturated heterocycles. The summed E-state index contributed by atoms with van der Waals surface area (Å²) in [6.45, 7) is 2.21. The summed E-state index contributed by atoms with van der Waals surface area (Å²) in [5, 5.41) is 2.56. The predicted octanol–water partition coefficient (Wildman–Crippen LogP) is 2.27. The number of carbonyl (C=O) groups excluding carboxylic acids is 2. The number of benzene rings is 1. The third kappa shape index (κ3) is 4.44. The predicted molar refractivity (Wildman–Crippen MR) is 67.7 cm³/mol. The molecular weight excluding hydrogens is 305 g/mol. The third-order valence-electron chi connectivity index (χ3n) is 2.10. The Labute approximate surface area is 113 Å². The summed E-state index contributed by atoms with van der Waals surface area (Å²) in [5.74, 6) is -1.16. The van der Waals surface area contributed by atoms with Gasteiger partial charge in [-0.1, -0.05) is 0 Å². The van der Waals surface area contributed by atoms with Crippen LogP contribution in [0, 0.1) is 5.82 Å². The van der Waals surface area contributed by atoms with E-state index in [-0.39, 0.29) is 24.8 Å². The van der Waals surface area contributed by atoms with Crippen molar-refractivity contribution in [3.05, 3.63) is 34.1 Å². The topological polar surface area (TPSA) is 55.4 Å². The second-order valence-electron chi connectivity index (χ2n) is 3.44. The molecule has 0 atom stereocenters. The summed E-state index contributed by atoms with van der Waals surface area (Å²) in [6, 6.07) is 3.78. The van der Waals surface area contributed by atoms with Gasteiger partial charge < -0.3 is 10.1 Å². The molecule has 0 fully saturated rings. The summed E-state index contributed by atoms with van der Waals surface area (Å²) in [4.78, 5) is 22.7. The number of halogens is 2. The van der Waals surface area contributed by atoms with Gasteiger partial charge in [0.2, 0.25) is 0 Å². The molecule has 6 heteroatoms. The van der Waals surface area contributed by atoms with Crippen molar-refractivity contribution in [3.8, 4) is 0 Å². The Hall–Kier alpha value is -1.43. The molecule has 0 aliphatic rings. The Morgan fingerprint density at radius 1 is 1.44 bits per heavy atom. The number of hydrogen-bond acceptors (Lipinski definition) is 3. The lowest BCUT2D eigenvalue weighted by Crippen LogP contribution is -2.26. The van der Waals surface area contributed by atoms with Crippen LogP contribution in [-0.4, -0.2) is 25.0 Å². The lowest BCUT2D eigenvalue weighted by atomic mass is 10.2. The largest absolute Gasteiger partial charge is 0.466 e. The van der Waals surface area contributed by atoms with Crippen molar-refractivity contribution in [1.29, 1.82) is 0 Å².